The Kier molecular flexibility index (Phi) is 6.27. The average molecular weight is 366 g/mol. The van der Waals surface area contributed by atoms with E-state index in [9.17, 15) is 13.2 Å². The molecule has 0 bridgehead atoms. The highest BCUT2D eigenvalue weighted by molar-refractivity contribution is 7.92. The summed E-state index contributed by atoms with van der Waals surface area (Å²) in [6.45, 7) is 1.96. The zero-order chi connectivity index (χ0) is 18.4. The van der Waals surface area contributed by atoms with Gasteiger partial charge in [-0.15, -0.1) is 10.2 Å². The molecule has 1 aromatic heterocycles. The molecule has 9 heteroatoms. The van der Waals surface area contributed by atoms with Crippen molar-refractivity contribution in [1.82, 2.24) is 14.8 Å². The number of nitrogens with zero attached hydrogens (tertiary/aromatic N) is 3. The zero-order valence-electron chi connectivity index (χ0n) is 14.3. The summed E-state index contributed by atoms with van der Waals surface area (Å²) in [5.41, 5.74) is 6.63. The molecule has 0 saturated carbocycles. The second-order valence-corrected chi connectivity index (χ2v) is 7.70. The maximum absolute atomic E-state index is 12.7. The van der Waals surface area contributed by atoms with E-state index >= 15 is 0 Å². The molecule has 0 aliphatic carbocycles. The number of carbonyl (C=O) groups excluding carboxylic acids is 1. The number of nitrogens with two attached hydrogens (primary N) is 1. The lowest BCUT2D eigenvalue weighted by Gasteiger charge is -2.13. The molecule has 25 heavy (non-hydrogen) atoms. The van der Waals surface area contributed by atoms with E-state index < -0.39 is 21.1 Å². The Hall–Kier alpha value is -2.26. The first-order valence-electron chi connectivity index (χ1n) is 7.89. The van der Waals surface area contributed by atoms with Crippen molar-refractivity contribution in [2.24, 2.45) is 5.73 Å². The fourth-order valence-electron chi connectivity index (χ4n) is 2.40. The third-order valence-electron chi connectivity index (χ3n) is 3.88. The number of benzene rings is 1. The number of hydrogen-bond donors (Lipinski definition) is 1. The molecule has 136 valence electrons. The van der Waals surface area contributed by atoms with Crippen molar-refractivity contribution in [3.05, 3.63) is 41.7 Å². The van der Waals surface area contributed by atoms with E-state index in [-0.39, 0.29) is 5.16 Å². The molecule has 2 N–H and O–H groups in total. The first-order chi connectivity index (χ1) is 11.9. The SMILES string of the molecule is COC(=O)C(C)S(=O)(=O)c1nnc(CCN)n1CCc1ccccc1. The Bertz CT molecular complexity index is 818. The van der Waals surface area contributed by atoms with E-state index in [1.165, 1.54) is 11.5 Å². The van der Waals surface area contributed by atoms with Crippen molar-refractivity contribution in [3.63, 3.8) is 0 Å². The van der Waals surface area contributed by atoms with Crippen LogP contribution in [0, 0.1) is 0 Å². The number of aromatic nitrogens is 3. The first-order valence-corrected chi connectivity index (χ1v) is 9.44. The number of methoxy groups -OCH3 is 1. The van der Waals surface area contributed by atoms with Crippen molar-refractivity contribution in [2.45, 2.75) is 36.7 Å². The van der Waals surface area contributed by atoms with Gasteiger partial charge in [0.05, 0.1) is 7.11 Å². The van der Waals surface area contributed by atoms with Crippen LogP contribution in [0.5, 0.6) is 0 Å². The Balaban J connectivity index is 2.36. The number of aryl methyl sites for hydroxylation is 1. The molecule has 0 aliphatic heterocycles. The number of sulfone groups is 1. The van der Waals surface area contributed by atoms with Crippen LogP contribution in [0.4, 0.5) is 0 Å². The summed E-state index contributed by atoms with van der Waals surface area (Å²) >= 11 is 0. The van der Waals surface area contributed by atoms with Crippen LogP contribution in [0.3, 0.4) is 0 Å². The van der Waals surface area contributed by atoms with Crippen molar-refractivity contribution in [2.75, 3.05) is 13.7 Å². The van der Waals surface area contributed by atoms with Crippen LogP contribution in [0.2, 0.25) is 0 Å². The molecule has 1 unspecified atom stereocenters. The van der Waals surface area contributed by atoms with Gasteiger partial charge in [-0.05, 0) is 25.5 Å². The first kappa shape index (κ1) is 19.1. The van der Waals surface area contributed by atoms with Crippen molar-refractivity contribution < 1.29 is 17.9 Å². The molecule has 2 rings (SSSR count). The van der Waals surface area contributed by atoms with Crippen molar-refractivity contribution in [1.29, 1.82) is 0 Å². The van der Waals surface area contributed by atoms with E-state index in [1.807, 2.05) is 30.3 Å². The summed E-state index contributed by atoms with van der Waals surface area (Å²) in [6.07, 6.45) is 0.996. The summed E-state index contributed by atoms with van der Waals surface area (Å²) in [5.74, 6) is -0.355. The van der Waals surface area contributed by atoms with Crippen LogP contribution in [0.15, 0.2) is 35.5 Å². The van der Waals surface area contributed by atoms with Gasteiger partial charge >= 0.3 is 5.97 Å². The van der Waals surface area contributed by atoms with E-state index in [2.05, 4.69) is 14.9 Å². The Labute approximate surface area is 146 Å². The predicted octanol–water partition coefficient (Wildman–Crippen LogP) is 0.357. The van der Waals surface area contributed by atoms with Gasteiger partial charge in [-0.3, -0.25) is 4.79 Å². The Morgan fingerprint density at radius 2 is 1.92 bits per heavy atom. The van der Waals surface area contributed by atoms with E-state index in [0.29, 0.717) is 31.8 Å². The molecule has 0 amide bonds. The zero-order valence-corrected chi connectivity index (χ0v) is 15.1. The second-order valence-electron chi connectivity index (χ2n) is 5.54. The molecule has 0 fully saturated rings. The van der Waals surface area contributed by atoms with Gasteiger partial charge in [0, 0.05) is 13.0 Å². The fraction of sp³-hybridized carbons (Fsp3) is 0.438. The number of esters is 1. The lowest BCUT2D eigenvalue weighted by Crippen LogP contribution is -2.31. The second kappa shape index (κ2) is 8.21. The molecule has 8 nitrogen and oxygen atoms in total. The van der Waals surface area contributed by atoms with Gasteiger partial charge in [0.2, 0.25) is 9.84 Å². The minimum Gasteiger partial charge on any atom is -0.468 e. The normalized spacial score (nSPS) is 12.8. The third kappa shape index (κ3) is 4.23. The highest BCUT2D eigenvalue weighted by Crippen LogP contribution is 2.18. The maximum Gasteiger partial charge on any atom is 0.324 e. The molecule has 0 radical (unpaired) electrons. The van der Waals surface area contributed by atoms with Gasteiger partial charge in [0.15, 0.2) is 5.25 Å². The van der Waals surface area contributed by atoms with E-state index in [1.54, 1.807) is 0 Å². The Morgan fingerprint density at radius 1 is 1.24 bits per heavy atom. The average Bonchev–Trinajstić information content (AvgIpc) is 3.03. The number of hydrogen-bond acceptors (Lipinski definition) is 7. The summed E-state index contributed by atoms with van der Waals surface area (Å²) in [7, 11) is -2.86. The van der Waals surface area contributed by atoms with Crippen molar-refractivity contribution >= 4 is 15.8 Å². The van der Waals surface area contributed by atoms with Gasteiger partial charge in [0.1, 0.15) is 5.82 Å². The molecule has 1 heterocycles. The minimum absolute atomic E-state index is 0.232. The van der Waals surface area contributed by atoms with Gasteiger partial charge in [0.25, 0.3) is 5.16 Å². The quantitative estimate of drug-likeness (QED) is 0.670. The molecule has 0 saturated heterocycles. The van der Waals surface area contributed by atoms with Crippen LogP contribution in [-0.2, 0) is 38.8 Å². The summed E-state index contributed by atoms with van der Waals surface area (Å²) in [5, 5.41) is 6.18. The monoisotopic (exact) mass is 366 g/mol. The molecule has 0 spiro atoms. The Morgan fingerprint density at radius 3 is 2.52 bits per heavy atom. The molecular formula is C16H22N4O4S. The van der Waals surface area contributed by atoms with Crippen molar-refractivity contribution in [3.8, 4) is 0 Å². The minimum atomic E-state index is -4.01. The van der Waals surface area contributed by atoms with Gasteiger partial charge in [-0.1, -0.05) is 30.3 Å². The fourth-order valence-corrected chi connectivity index (χ4v) is 3.73. The molecule has 2 aromatic rings. The lowest BCUT2D eigenvalue weighted by molar-refractivity contribution is -0.139. The molecular weight excluding hydrogens is 344 g/mol. The summed E-state index contributed by atoms with van der Waals surface area (Å²) < 4.78 is 31.5. The van der Waals surface area contributed by atoms with Gasteiger partial charge in [-0.25, -0.2) is 8.42 Å². The number of carbonyl (C=O) groups is 1. The smallest absolute Gasteiger partial charge is 0.324 e. The summed E-state index contributed by atoms with van der Waals surface area (Å²) in [6, 6.07) is 9.66. The highest BCUT2D eigenvalue weighted by atomic mass is 32.2. The third-order valence-corrected chi connectivity index (χ3v) is 5.82. The van der Waals surface area contributed by atoms with Crippen LogP contribution >= 0.6 is 0 Å². The van der Waals surface area contributed by atoms with Crippen LogP contribution in [0.1, 0.15) is 18.3 Å². The lowest BCUT2D eigenvalue weighted by atomic mass is 10.1. The molecule has 1 atom stereocenters. The van der Waals surface area contributed by atoms with E-state index in [4.69, 9.17) is 5.73 Å². The predicted molar refractivity (Wildman–Crippen MR) is 91.6 cm³/mol. The van der Waals surface area contributed by atoms with Gasteiger partial charge < -0.3 is 15.0 Å². The van der Waals surface area contributed by atoms with Crippen LogP contribution < -0.4 is 5.73 Å². The molecule has 1 aromatic carbocycles. The van der Waals surface area contributed by atoms with Crippen LogP contribution in [-0.4, -0.2) is 48.1 Å². The highest BCUT2D eigenvalue weighted by Gasteiger charge is 2.35. The van der Waals surface area contributed by atoms with Crippen LogP contribution in [0.25, 0.3) is 0 Å². The number of rotatable bonds is 8. The number of ether oxygens (including phenoxy) is 1. The standard InChI is InChI=1S/C16H22N4O4S/c1-12(15(21)24-2)25(22,23)16-19-18-14(8-10-17)20(16)11-9-13-6-4-3-5-7-13/h3-7,12H,8-11,17H2,1-2H3. The topological polar surface area (TPSA) is 117 Å². The largest absolute Gasteiger partial charge is 0.468 e. The summed E-state index contributed by atoms with van der Waals surface area (Å²) in [4.78, 5) is 11.7. The maximum atomic E-state index is 12.7. The molecule has 0 aliphatic rings. The van der Waals surface area contributed by atoms with E-state index in [0.717, 1.165) is 12.7 Å². The van der Waals surface area contributed by atoms with Gasteiger partial charge in [-0.2, -0.15) is 0 Å².